The summed E-state index contributed by atoms with van der Waals surface area (Å²) >= 11 is 0. The van der Waals surface area contributed by atoms with Gasteiger partial charge in [-0.3, -0.25) is 0 Å². The summed E-state index contributed by atoms with van der Waals surface area (Å²) in [5.74, 6) is 2.58. The van der Waals surface area contributed by atoms with Gasteiger partial charge in [0.1, 0.15) is 0 Å². The van der Waals surface area contributed by atoms with Crippen LogP contribution in [0.2, 0.25) is 0 Å². The SMILES string of the molecule is C#CC(C)(C)c1ccc(C(F)(F)F)cc1C. The summed E-state index contributed by atoms with van der Waals surface area (Å²) in [4.78, 5) is 0. The van der Waals surface area contributed by atoms with Crippen molar-refractivity contribution in [1.82, 2.24) is 0 Å². The van der Waals surface area contributed by atoms with Gasteiger partial charge in [-0.2, -0.15) is 13.2 Å². The molecular weight excluding hydrogens is 213 g/mol. The third-order valence-corrected chi connectivity index (χ3v) is 2.59. The Morgan fingerprint density at radius 2 is 1.75 bits per heavy atom. The molecule has 1 aromatic rings. The van der Waals surface area contributed by atoms with Gasteiger partial charge in [-0.1, -0.05) is 12.0 Å². The summed E-state index contributed by atoms with van der Waals surface area (Å²) in [5.41, 5.74) is 0.135. The van der Waals surface area contributed by atoms with Gasteiger partial charge >= 0.3 is 6.18 Å². The number of hydrogen-bond donors (Lipinski definition) is 0. The number of halogens is 3. The molecule has 1 aromatic carbocycles. The van der Waals surface area contributed by atoms with E-state index < -0.39 is 17.2 Å². The molecule has 0 aromatic heterocycles. The van der Waals surface area contributed by atoms with Crippen LogP contribution in [0.4, 0.5) is 13.2 Å². The van der Waals surface area contributed by atoms with Crippen molar-refractivity contribution in [2.45, 2.75) is 32.4 Å². The normalized spacial score (nSPS) is 12.3. The summed E-state index contributed by atoms with van der Waals surface area (Å²) < 4.78 is 37.3. The molecule has 3 heteroatoms. The van der Waals surface area contributed by atoms with Gasteiger partial charge in [-0.15, -0.1) is 6.42 Å². The Morgan fingerprint density at radius 1 is 1.19 bits per heavy atom. The number of terminal acetylenes is 1. The largest absolute Gasteiger partial charge is 0.416 e. The molecular formula is C13H13F3. The highest BCUT2D eigenvalue weighted by Gasteiger charge is 2.31. The first kappa shape index (κ1) is 12.6. The fourth-order valence-electron chi connectivity index (χ4n) is 1.62. The number of hydrogen-bond acceptors (Lipinski definition) is 0. The smallest absolute Gasteiger partial charge is 0.166 e. The quantitative estimate of drug-likeness (QED) is 0.636. The predicted octanol–water partition coefficient (Wildman–Crippen LogP) is 3.92. The Balaban J connectivity index is 3.27. The number of aryl methyl sites for hydroxylation is 1. The average molecular weight is 226 g/mol. The van der Waals surface area contributed by atoms with Crippen LogP contribution in [-0.4, -0.2) is 0 Å². The molecule has 0 bridgehead atoms. The average Bonchev–Trinajstić information content (AvgIpc) is 2.16. The lowest BCUT2D eigenvalue weighted by Gasteiger charge is -2.21. The molecule has 0 aliphatic heterocycles. The second-order valence-corrected chi connectivity index (χ2v) is 4.30. The Kier molecular flexibility index (Phi) is 3.05. The lowest BCUT2D eigenvalue weighted by atomic mass is 9.82. The fraction of sp³-hybridized carbons (Fsp3) is 0.385. The van der Waals surface area contributed by atoms with E-state index in [0.29, 0.717) is 5.56 Å². The Bertz CT molecular complexity index is 433. The van der Waals surface area contributed by atoms with Crippen LogP contribution < -0.4 is 0 Å². The highest BCUT2D eigenvalue weighted by molar-refractivity contribution is 5.41. The van der Waals surface area contributed by atoms with Crippen LogP contribution in [0.15, 0.2) is 18.2 Å². The third-order valence-electron chi connectivity index (χ3n) is 2.59. The summed E-state index contributed by atoms with van der Waals surface area (Å²) in [6.07, 6.45) is 1.06. The molecule has 0 nitrogen and oxygen atoms in total. The molecule has 0 aliphatic carbocycles. The van der Waals surface area contributed by atoms with Gasteiger partial charge in [0.2, 0.25) is 0 Å². The van der Waals surface area contributed by atoms with Crippen molar-refractivity contribution in [3.05, 3.63) is 34.9 Å². The summed E-state index contributed by atoms with van der Waals surface area (Å²) in [6, 6.07) is 3.66. The van der Waals surface area contributed by atoms with Gasteiger partial charge in [0.05, 0.1) is 11.0 Å². The highest BCUT2D eigenvalue weighted by atomic mass is 19.4. The standard InChI is InChI=1S/C13H13F3/c1-5-12(3,4)11-7-6-10(8-9(11)2)13(14,15)16/h1,6-8H,2-4H3. The Labute approximate surface area is 93.5 Å². The zero-order valence-corrected chi connectivity index (χ0v) is 9.44. The van der Waals surface area contributed by atoms with Gasteiger partial charge in [-0.25, -0.2) is 0 Å². The first-order valence-corrected chi connectivity index (χ1v) is 4.84. The topological polar surface area (TPSA) is 0 Å². The lowest BCUT2D eigenvalue weighted by Crippen LogP contribution is -2.16. The van der Waals surface area contributed by atoms with Crippen LogP contribution in [0.1, 0.15) is 30.5 Å². The molecule has 0 amide bonds. The fourth-order valence-corrected chi connectivity index (χ4v) is 1.62. The predicted molar refractivity (Wildman–Crippen MR) is 58.0 cm³/mol. The van der Waals surface area contributed by atoms with Gasteiger partial charge in [0.25, 0.3) is 0 Å². The van der Waals surface area contributed by atoms with E-state index in [4.69, 9.17) is 6.42 Å². The van der Waals surface area contributed by atoms with Crippen LogP contribution >= 0.6 is 0 Å². The van der Waals surface area contributed by atoms with Crippen LogP contribution in [0, 0.1) is 19.3 Å². The number of benzene rings is 1. The van der Waals surface area contributed by atoms with Crippen molar-refractivity contribution in [2.75, 3.05) is 0 Å². The Morgan fingerprint density at radius 3 is 2.12 bits per heavy atom. The van der Waals surface area contributed by atoms with E-state index in [2.05, 4.69) is 5.92 Å². The van der Waals surface area contributed by atoms with Crippen LogP contribution in [0.3, 0.4) is 0 Å². The monoisotopic (exact) mass is 226 g/mol. The molecule has 86 valence electrons. The van der Waals surface area contributed by atoms with E-state index in [1.54, 1.807) is 6.92 Å². The second kappa shape index (κ2) is 3.86. The molecule has 0 unspecified atom stereocenters. The molecule has 0 saturated carbocycles. The molecule has 0 spiro atoms. The molecule has 16 heavy (non-hydrogen) atoms. The zero-order chi connectivity index (χ0) is 12.6. The summed E-state index contributed by atoms with van der Waals surface area (Å²) in [5, 5.41) is 0. The Hall–Kier alpha value is -1.43. The van der Waals surface area contributed by atoms with Crippen molar-refractivity contribution in [3.63, 3.8) is 0 Å². The summed E-state index contributed by atoms with van der Waals surface area (Å²) in [6.45, 7) is 5.26. The van der Waals surface area contributed by atoms with E-state index in [1.807, 2.05) is 13.8 Å². The first-order valence-electron chi connectivity index (χ1n) is 4.84. The van der Waals surface area contributed by atoms with Gasteiger partial charge < -0.3 is 0 Å². The molecule has 1 rings (SSSR count). The minimum Gasteiger partial charge on any atom is -0.166 e. The maximum absolute atomic E-state index is 12.4. The van der Waals surface area contributed by atoms with Crippen molar-refractivity contribution >= 4 is 0 Å². The third kappa shape index (κ3) is 2.38. The molecule has 0 aliphatic rings. The van der Waals surface area contributed by atoms with E-state index in [-0.39, 0.29) is 0 Å². The van der Waals surface area contributed by atoms with Crippen LogP contribution in [-0.2, 0) is 11.6 Å². The molecule has 0 radical (unpaired) electrons. The molecule has 0 heterocycles. The second-order valence-electron chi connectivity index (χ2n) is 4.30. The van der Waals surface area contributed by atoms with E-state index >= 15 is 0 Å². The summed E-state index contributed by atoms with van der Waals surface area (Å²) in [7, 11) is 0. The number of alkyl halides is 3. The van der Waals surface area contributed by atoms with E-state index in [9.17, 15) is 13.2 Å². The minimum atomic E-state index is -4.30. The zero-order valence-electron chi connectivity index (χ0n) is 9.44. The van der Waals surface area contributed by atoms with Gasteiger partial charge in [-0.05, 0) is 44.0 Å². The molecule has 0 atom stereocenters. The van der Waals surface area contributed by atoms with Crippen molar-refractivity contribution < 1.29 is 13.2 Å². The van der Waals surface area contributed by atoms with Crippen molar-refractivity contribution in [1.29, 1.82) is 0 Å². The van der Waals surface area contributed by atoms with Crippen molar-refractivity contribution in [3.8, 4) is 12.3 Å². The van der Waals surface area contributed by atoms with Gasteiger partial charge in [0.15, 0.2) is 0 Å². The molecule has 0 N–H and O–H groups in total. The highest BCUT2D eigenvalue weighted by Crippen LogP contribution is 2.33. The van der Waals surface area contributed by atoms with Crippen LogP contribution in [0.5, 0.6) is 0 Å². The molecule has 0 fully saturated rings. The molecule has 0 saturated heterocycles. The van der Waals surface area contributed by atoms with E-state index in [0.717, 1.165) is 17.7 Å². The minimum absolute atomic E-state index is 0.547. The lowest BCUT2D eigenvalue weighted by molar-refractivity contribution is -0.137. The first-order chi connectivity index (χ1) is 7.18. The van der Waals surface area contributed by atoms with Crippen LogP contribution in [0.25, 0.3) is 0 Å². The number of rotatable bonds is 1. The maximum atomic E-state index is 12.4. The van der Waals surface area contributed by atoms with Gasteiger partial charge in [0, 0.05) is 0 Å². The maximum Gasteiger partial charge on any atom is 0.416 e. The van der Waals surface area contributed by atoms with Crippen molar-refractivity contribution in [2.24, 2.45) is 0 Å². The van der Waals surface area contributed by atoms with E-state index in [1.165, 1.54) is 6.07 Å².